The van der Waals surface area contributed by atoms with Crippen LogP contribution in [-0.2, 0) is 6.42 Å². The minimum absolute atomic E-state index is 0.0583. The SMILES string of the molecule is CCOc1cc(Cc2ccc(O)c(F)c2F)c(O)c(F)c1F. The second-order valence-corrected chi connectivity index (χ2v) is 4.49. The van der Waals surface area contributed by atoms with Crippen LogP contribution in [0.1, 0.15) is 18.1 Å². The molecular weight excluding hydrogens is 304 g/mol. The van der Waals surface area contributed by atoms with Gasteiger partial charge in [-0.15, -0.1) is 0 Å². The lowest BCUT2D eigenvalue weighted by Crippen LogP contribution is -2.02. The van der Waals surface area contributed by atoms with E-state index in [0.29, 0.717) is 0 Å². The fourth-order valence-corrected chi connectivity index (χ4v) is 1.96. The highest BCUT2D eigenvalue weighted by Gasteiger charge is 2.21. The Balaban J connectivity index is 2.48. The van der Waals surface area contributed by atoms with Crippen LogP contribution < -0.4 is 4.74 Å². The van der Waals surface area contributed by atoms with Crippen molar-refractivity contribution in [3.8, 4) is 17.2 Å². The summed E-state index contributed by atoms with van der Waals surface area (Å²) >= 11 is 0. The molecule has 0 heterocycles. The Bertz CT molecular complexity index is 717. The van der Waals surface area contributed by atoms with E-state index < -0.39 is 46.9 Å². The summed E-state index contributed by atoms with van der Waals surface area (Å²) in [7, 11) is 0. The van der Waals surface area contributed by atoms with Crippen molar-refractivity contribution >= 4 is 0 Å². The maximum Gasteiger partial charge on any atom is 0.204 e. The number of phenolic OH excluding ortho intramolecular Hbond substituents is 2. The van der Waals surface area contributed by atoms with Crippen molar-refractivity contribution in [3.05, 3.63) is 52.6 Å². The molecule has 3 nitrogen and oxygen atoms in total. The first-order valence-corrected chi connectivity index (χ1v) is 6.35. The van der Waals surface area contributed by atoms with E-state index in [0.717, 1.165) is 18.2 Å². The smallest absolute Gasteiger partial charge is 0.204 e. The van der Waals surface area contributed by atoms with E-state index in [4.69, 9.17) is 9.84 Å². The van der Waals surface area contributed by atoms with E-state index in [-0.39, 0.29) is 17.7 Å². The molecule has 22 heavy (non-hydrogen) atoms. The molecule has 0 bridgehead atoms. The molecule has 0 amide bonds. The van der Waals surface area contributed by atoms with Gasteiger partial charge in [0.1, 0.15) is 0 Å². The maximum absolute atomic E-state index is 13.7. The topological polar surface area (TPSA) is 49.7 Å². The minimum atomic E-state index is -1.53. The van der Waals surface area contributed by atoms with E-state index in [1.54, 1.807) is 6.92 Å². The van der Waals surface area contributed by atoms with E-state index in [1.807, 2.05) is 0 Å². The van der Waals surface area contributed by atoms with Crippen molar-refractivity contribution < 1.29 is 32.5 Å². The van der Waals surface area contributed by atoms with Crippen LogP contribution in [0.25, 0.3) is 0 Å². The Kier molecular flexibility index (Phi) is 4.44. The van der Waals surface area contributed by atoms with Gasteiger partial charge in [-0.2, -0.15) is 13.2 Å². The zero-order chi connectivity index (χ0) is 16.4. The molecule has 0 spiro atoms. The molecule has 0 aliphatic rings. The molecular formula is C15H12F4O3. The van der Waals surface area contributed by atoms with E-state index in [2.05, 4.69) is 0 Å². The molecule has 0 aromatic heterocycles. The summed E-state index contributed by atoms with van der Waals surface area (Å²) in [5.41, 5.74) is -0.412. The molecule has 0 saturated heterocycles. The summed E-state index contributed by atoms with van der Waals surface area (Å²) in [6.07, 6.45) is -0.411. The Hall–Kier alpha value is -2.44. The first-order chi connectivity index (χ1) is 10.4. The normalized spacial score (nSPS) is 10.8. The largest absolute Gasteiger partial charge is 0.505 e. The summed E-state index contributed by atoms with van der Waals surface area (Å²) in [6, 6.07) is 3.02. The Morgan fingerprint density at radius 2 is 1.59 bits per heavy atom. The molecule has 7 heteroatoms. The van der Waals surface area contributed by atoms with E-state index in [1.165, 1.54) is 0 Å². The highest BCUT2D eigenvalue weighted by atomic mass is 19.2. The highest BCUT2D eigenvalue weighted by molar-refractivity contribution is 5.45. The Morgan fingerprint density at radius 1 is 0.909 bits per heavy atom. The third-order valence-electron chi connectivity index (χ3n) is 3.05. The summed E-state index contributed by atoms with van der Waals surface area (Å²) in [5.74, 6) is -7.99. The fourth-order valence-electron chi connectivity index (χ4n) is 1.96. The molecule has 2 rings (SSSR count). The number of halogens is 4. The first-order valence-electron chi connectivity index (χ1n) is 6.35. The zero-order valence-corrected chi connectivity index (χ0v) is 11.5. The van der Waals surface area contributed by atoms with Gasteiger partial charge in [-0.3, -0.25) is 0 Å². The van der Waals surface area contributed by atoms with Gasteiger partial charge in [0.05, 0.1) is 6.61 Å². The van der Waals surface area contributed by atoms with E-state index >= 15 is 0 Å². The minimum Gasteiger partial charge on any atom is -0.505 e. The van der Waals surface area contributed by atoms with Crippen LogP contribution in [0.3, 0.4) is 0 Å². The average Bonchev–Trinajstić information content (AvgIpc) is 2.50. The number of rotatable bonds is 4. The highest BCUT2D eigenvalue weighted by Crippen LogP contribution is 2.33. The Morgan fingerprint density at radius 3 is 2.23 bits per heavy atom. The number of phenols is 2. The monoisotopic (exact) mass is 316 g/mol. The average molecular weight is 316 g/mol. The van der Waals surface area contributed by atoms with Gasteiger partial charge in [0.15, 0.2) is 23.1 Å². The number of ether oxygens (including phenoxy) is 1. The second kappa shape index (κ2) is 6.13. The van der Waals surface area contributed by atoms with Crippen LogP contribution in [0, 0.1) is 23.3 Å². The van der Waals surface area contributed by atoms with Crippen molar-refractivity contribution in [2.75, 3.05) is 6.61 Å². The van der Waals surface area contributed by atoms with Gasteiger partial charge in [-0.1, -0.05) is 6.07 Å². The third kappa shape index (κ3) is 2.79. The van der Waals surface area contributed by atoms with Crippen LogP contribution in [-0.4, -0.2) is 16.8 Å². The summed E-state index contributed by atoms with van der Waals surface area (Å²) < 4.78 is 59.0. The molecule has 2 aromatic carbocycles. The van der Waals surface area contributed by atoms with Crippen molar-refractivity contribution in [2.24, 2.45) is 0 Å². The number of hydrogen-bond donors (Lipinski definition) is 2. The zero-order valence-electron chi connectivity index (χ0n) is 11.5. The van der Waals surface area contributed by atoms with Crippen molar-refractivity contribution in [1.82, 2.24) is 0 Å². The standard InChI is InChI=1S/C15H12F4O3/c1-2-22-10-6-8(15(21)14(19)13(10)18)5-7-3-4-9(20)12(17)11(7)16/h3-4,6,20-21H,2,5H2,1H3. The molecule has 0 radical (unpaired) electrons. The molecule has 0 fully saturated rings. The van der Waals surface area contributed by atoms with Crippen molar-refractivity contribution in [1.29, 1.82) is 0 Å². The predicted molar refractivity (Wildman–Crippen MR) is 70.0 cm³/mol. The van der Waals surface area contributed by atoms with Gasteiger partial charge < -0.3 is 14.9 Å². The van der Waals surface area contributed by atoms with Gasteiger partial charge in [0.2, 0.25) is 17.5 Å². The number of benzene rings is 2. The van der Waals surface area contributed by atoms with Gasteiger partial charge >= 0.3 is 0 Å². The van der Waals surface area contributed by atoms with E-state index in [9.17, 15) is 22.7 Å². The quantitative estimate of drug-likeness (QED) is 0.847. The molecule has 0 aliphatic heterocycles. The summed E-state index contributed by atoms with van der Waals surface area (Å²) in [5, 5.41) is 18.7. The maximum atomic E-state index is 13.7. The van der Waals surface area contributed by atoms with Gasteiger partial charge in [0.25, 0.3) is 0 Å². The van der Waals surface area contributed by atoms with Crippen LogP contribution in [0.2, 0.25) is 0 Å². The fraction of sp³-hybridized carbons (Fsp3) is 0.200. The Labute approximate surface area is 123 Å². The van der Waals surface area contributed by atoms with Crippen molar-refractivity contribution in [3.63, 3.8) is 0 Å². The summed E-state index contributed by atoms with van der Waals surface area (Å²) in [4.78, 5) is 0. The molecule has 0 aliphatic carbocycles. The lowest BCUT2D eigenvalue weighted by atomic mass is 10.0. The predicted octanol–water partition coefficient (Wildman–Crippen LogP) is 3.64. The number of hydrogen-bond acceptors (Lipinski definition) is 3. The van der Waals surface area contributed by atoms with Crippen LogP contribution >= 0.6 is 0 Å². The molecule has 2 aromatic rings. The van der Waals surface area contributed by atoms with Crippen LogP contribution in [0.5, 0.6) is 17.2 Å². The second-order valence-electron chi connectivity index (χ2n) is 4.49. The van der Waals surface area contributed by atoms with Crippen molar-refractivity contribution in [2.45, 2.75) is 13.3 Å². The third-order valence-corrected chi connectivity index (χ3v) is 3.05. The molecule has 0 saturated carbocycles. The van der Waals surface area contributed by atoms with Crippen LogP contribution in [0.15, 0.2) is 18.2 Å². The van der Waals surface area contributed by atoms with Gasteiger partial charge in [-0.25, -0.2) is 4.39 Å². The van der Waals surface area contributed by atoms with Gasteiger partial charge in [0, 0.05) is 12.0 Å². The molecule has 2 N–H and O–H groups in total. The summed E-state index contributed by atoms with van der Waals surface area (Å²) in [6.45, 7) is 1.61. The molecule has 0 unspecified atom stereocenters. The van der Waals surface area contributed by atoms with Crippen LogP contribution in [0.4, 0.5) is 17.6 Å². The molecule has 118 valence electrons. The lowest BCUT2D eigenvalue weighted by molar-refractivity contribution is 0.307. The number of aromatic hydroxyl groups is 2. The molecule has 0 atom stereocenters. The van der Waals surface area contributed by atoms with Gasteiger partial charge in [-0.05, 0) is 24.6 Å². The first kappa shape index (κ1) is 15.9. The lowest BCUT2D eigenvalue weighted by Gasteiger charge is -2.12.